The van der Waals surface area contributed by atoms with Crippen LogP contribution in [0.25, 0.3) is 0 Å². The molecule has 1 atom stereocenters. The number of hydrogen-bond donors (Lipinski definition) is 2. The summed E-state index contributed by atoms with van der Waals surface area (Å²) < 4.78 is 18.3. The molecule has 162 valence electrons. The first-order valence-corrected chi connectivity index (χ1v) is 10.1. The number of methoxy groups -OCH3 is 1. The lowest BCUT2D eigenvalue weighted by Gasteiger charge is -2.29. The molecule has 0 saturated heterocycles. The van der Waals surface area contributed by atoms with Crippen LogP contribution in [0, 0.1) is 5.82 Å². The largest absolute Gasteiger partial charge is 0.465 e. The average molecular weight is 452 g/mol. The number of esters is 1. The lowest BCUT2D eigenvalue weighted by molar-refractivity contribution is -0.119. The van der Waals surface area contributed by atoms with E-state index < -0.39 is 11.4 Å². The number of hydrazone groups is 1. The number of halogens is 2. The molecule has 32 heavy (non-hydrogen) atoms. The molecule has 2 N–H and O–H groups in total. The molecule has 0 aliphatic carbocycles. The quantitative estimate of drug-likeness (QED) is 0.571. The number of carbonyl (C=O) groups is 2. The normalized spacial score (nSPS) is 17.3. The van der Waals surface area contributed by atoms with Crippen LogP contribution in [0.2, 0.25) is 5.02 Å². The molecule has 1 heterocycles. The topological polar surface area (TPSA) is 79.8 Å². The van der Waals surface area contributed by atoms with Gasteiger partial charge >= 0.3 is 5.97 Å². The maximum atomic E-state index is 13.7. The standard InChI is InChI=1S/C24H19ClFN3O3/c1-32-22(30)16-2-6-17(7-3-16)24(23(31)28-20-12-8-18(25)9-13-20)14-27-29-21(24)15-4-10-19(26)11-5-15/h2-13,27H,14H2,1H3,(H,28,31). The molecule has 1 amide bonds. The third-order valence-corrected chi connectivity index (χ3v) is 5.60. The number of anilines is 1. The van der Waals surface area contributed by atoms with Crippen LogP contribution in [0.15, 0.2) is 77.9 Å². The summed E-state index contributed by atoms with van der Waals surface area (Å²) in [4.78, 5) is 25.6. The van der Waals surface area contributed by atoms with E-state index in [-0.39, 0.29) is 18.3 Å². The van der Waals surface area contributed by atoms with Gasteiger partial charge in [0.15, 0.2) is 0 Å². The van der Waals surface area contributed by atoms with Crippen LogP contribution in [-0.2, 0) is 14.9 Å². The number of ether oxygens (including phenoxy) is 1. The Balaban J connectivity index is 1.79. The van der Waals surface area contributed by atoms with Crippen molar-refractivity contribution in [1.82, 2.24) is 5.43 Å². The molecule has 0 spiro atoms. The summed E-state index contributed by atoms with van der Waals surface area (Å²) in [6, 6.07) is 19.1. The summed E-state index contributed by atoms with van der Waals surface area (Å²) in [7, 11) is 1.30. The van der Waals surface area contributed by atoms with Gasteiger partial charge in [0.1, 0.15) is 11.2 Å². The van der Waals surface area contributed by atoms with Crippen molar-refractivity contribution >= 4 is 34.9 Å². The van der Waals surface area contributed by atoms with Crippen LogP contribution in [-0.4, -0.2) is 31.2 Å². The Morgan fingerprint density at radius 1 is 1.03 bits per heavy atom. The second kappa shape index (κ2) is 8.80. The van der Waals surface area contributed by atoms with Crippen molar-refractivity contribution < 1.29 is 18.7 Å². The van der Waals surface area contributed by atoms with Crippen molar-refractivity contribution in [2.75, 3.05) is 19.0 Å². The molecule has 3 aromatic rings. The zero-order chi connectivity index (χ0) is 22.7. The Morgan fingerprint density at radius 3 is 2.31 bits per heavy atom. The highest BCUT2D eigenvalue weighted by molar-refractivity contribution is 6.30. The fourth-order valence-corrected chi connectivity index (χ4v) is 3.80. The smallest absolute Gasteiger partial charge is 0.337 e. The zero-order valence-electron chi connectivity index (χ0n) is 17.1. The fraction of sp³-hybridized carbons (Fsp3) is 0.125. The number of carbonyl (C=O) groups excluding carboxylic acids is 2. The van der Waals surface area contributed by atoms with E-state index in [1.54, 1.807) is 60.7 Å². The predicted molar refractivity (Wildman–Crippen MR) is 120 cm³/mol. The van der Waals surface area contributed by atoms with Gasteiger partial charge in [-0.2, -0.15) is 5.10 Å². The minimum absolute atomic E-state index is 0.177. The second-order valence-electron chi connectivity index (χ2n) is 7.24. The monoisotopic (exact) mass is 451 g/mol. The van der Waals surface area contributed by atoms with Crippen molar-refractivity contribution in [3.05, 3.63) is 100 Å². The molecule has 0 fully saturated rings. The SMILES string of the molecule is COC(=O)c1ccc(C2(C(=O)Nc3ccc(Cl)cc3)CNN=C2c2ccc(F)cc2)cc1. The van der Waals surface area contributed by atoms with Gasteiger partial charge in [-0.1, -0.05) is 35.9 Å². The molecule has 0 saturated carbocycles. The molecule has 1 aliphatic rings. The Kier molecular flexibility index (Phi) is 5.92. The Labute approximate surface area is 189 Å². The summed E-state index contributed by atoms with van der Waals surface area (Å²) in [6.45, 7) is 0.177. The third-order valence-electron chi connectivity index (χ3n) is 5.35. The van der Waals surface area contributed by atoms with Gasteiger partial charge in [-0.05, 0) is 59.7 Å². The van der Waals surface area contributed by atoms with E-state index in [4.69, 9.17) is 16.3 Å². The molecule has 8 heteroatoms. The van der Waals surface area contributed by atoms with E-state index in [0.717, 1.165) is 0 Å². The molecule has 0 aromatic heterocycles. The van der Waals surface area contributed by atoms with E-state index in [1.165, 1.54) is 19.2 Å². The molecule has 6 nitrogen and oxygen atoms in total. The number of nitrogens with one attached hydrogen (secondary N) is 2. The first-order valence-electron chi connectivity index (χ1n) is 9.77. The van der Waals surface area contributed by atoms with Gasteiger partial charge in [0.2, 0.25) is 5.91 Å². The maximum absolute atomic E-state index is 13.7. The van der Waals surface area contributed by atoms with E-state index in [2.05, 4.69) is 15.8 Å². The highest BCUT2D eigenvalue weighted by Crippen LogP contribution is 2.34. The number of hydrogen-bond acceptors (Lipinski definition) is 5. The van der Waals surface area contributed by atoms with Crippen molar-refractivity contribution in [1.29, 1.82) is 0 Å². The lowest BCUT2D eigenvalue weighted by atomic mass is 9.73. The molecule has 0 radical (unpaired) electrons. The molecule has 0 bridgehead atoms. The average Bonchev–Trinajstić information content (AvgIpc) is 3.27. The van der Waals surface area contributed by atoms with Gasteiger partial charge in [-0.3, -0.25) is 4.79 Å². The van der Waals surface area contributed by atoms with Crippen molar-refractivity contribution in [3.63, 3.8) is 0 Å². The highest BCUT2D eigenvalue weighted by atomic mass is 35.5. The third kappa shape index (κ3) is 3.94. The van der Waals surface area contributed by atoms with Crippen LogP contribution >= 0.6 is 11.6 Å². The van der Waals surface area contributed by atoms with Crippen LogP contribution in [0.5, 0.6) is 0 Å². The van der Waals surface area contributed by atoms with Gasteiger partial charge in [0.25, 0.3) is 0 Å². The highest BCUT2D eigenvalue weighted by Gasteiger charge is 2.49. The van der Waals surface area contributed by atoms with Crippen molar-refractivity contribution in [3.8, 4) is 0 Å². The Morgan fingerprint density at radius 2 is 1.69 bits per heavy atom. The Bertz CT molecular complexity index is 1180. The zero-order valence-corrected chi connectivity index (χ0v) is 17.8. The van der Waals surface area contributed by atoms with E-state index in [1.807, 2.05) is 0 Å². The van der Waals surface area contributed by atoms with Crippen LogP contribution in [0.1, 0.15) is 21.5 Å². The van der Waals surface area contributed by atoms with Crippen molar-refractivity contribution in [2.45, 2.75) is 5.41 Å². The molecular weight excluding hydrogens is 433 g/mol. The van der Waals surface area contributed by atoms with Gasteiger partial charge in [-0.15, -0.1) is 0 Å². The molecule has 1 aliphatic heterocycles. The van der Waals surface area contributed by atoms with Crippen molar-refractivity contribution in [2.24, 2.45) is 5.10 Å². The van der Waals surface area contributed by atoms with Gasteiger partial charge in [0.05, 0.1) is 24.9 Å². The number of rotatable bonds is 5. The van der Waals surface area contributed by atoms with Gasteiger partial charge in [0, 0.05) is 10.7 Å². The van der Waals surface area contributed by atoms with E-state index in [0.29, 0.717) is 33.1 Å². The summed E-state index contributed by atoms with van der Waals surface area (Å²) in [5.74, 6) is -1.20. The van der Waals surface area contributed by atoms with Gasteiger partial charge < -0.3 is 15.5 Å². The fourth-order valence-electron chi connectivity index (χ4n) is 3.67. The lowest BCUT2D eigenvalue weighted by Crippen LogP contribution is -2.49. The van der Waals surface area contributed by atoms with E-state index in [9.17, 15) is 14.0 Å². The molecule has 3 aromatic carbocycles. The van der Waals surface area contributed by atoms with Crippen LogP contribution in [0.3, 0.4) is 0 Å². The molecule has 4 rings (SSSR count). The van der Waals surface area contributed by atoms with Crippen LogP contribution in [0.4, 0.5) is 10.1 Å². The summed E-state index contributed by atoms with van der Waals surface area (Å²) in [6.07, 6.45) is 0. The second-order valence-corrected chi connectivity index (χ2v) is 7.67. The predicted octanol–water partition coefficient (Wildman–Crippen LogP) is 4.15. The number of amides is 1. The minimum atomic E-state index is -1.23. The Hall–Kier alpha value is -3.71. The van der Waals surface area contributed by atoms with Gasteiger partial charge in [-0.25, -0.2) is 9.18 Å². The van der Waals surface area contributed by atoms with Crippen LogP contribution < -0.4 is 10.7 Å². The summed E-state index contributed by atoms with van der Waals surface area (Å²) in [5.41, 5.74) is 4.26. The number of benzene rings is 3. The minimum Gasteiger partial charge on any atom is -0.465 e. The van der Waals surface area contributed by atoms with E-state index >= 15 is 0 Å². The number of nitrogens with zero attached hydrogens (tertiary/aromatic N) is 1. The summed E-state index contributed by atoms with van der Waals surface area (Å²) >= 11 is 5.96. The first kappa shape index (κ1) is 21.5. The first-order chi connectivity index (χ1) is 15.4. The summed E-state index contributed by atoms with van der Waals surface area (Å²) in [5, 5.41) is 7.86. The molecule has 1 unspecified atom stereocenters. The maximum Gasteiger partial charge on any atom is 0.337 e. The molecular formula is C24H19ClFN3O3.